The number of hydrogen-bond donors (Lipinski definition) is 2. The van der Waals surface area contributed by atoms with Gasteiger partial charge >= 0.3 is 0 Å². The Morgan fingerprint density at radius 2 is 2.05 bits per heavy atom. The maximum absolute atomic E-state index is 5.56. The normalized spacial score (nSPS) is 10.7. The summed E-state index contributed by atoms with van der Waals surface area (Å²) in [7, 11) is 1.66. The number of nitrogens with one attached hydrogen (secondary N) is 1. The van der Waals surface area contributed by atoms with Crippen LogP contribution < -0.4 is 15.8 Å². The third kappa shape index (κ3) is 2.49. The maximum Gasteiger partial charge on any atom is 0.240 e. The lowest BCUT2D eigenvalue weighted by Crippen LogP contribution is -2.00. The summed E-state index contributed by atoms with van der Waals surface area (Å²) in [6, 6.07) is 11.8. The third-order valence-electron chi connectivity index (χ3n) is 3.01. The van der Waals surface area contributed by atoms with E-state index in [9.17, 15) is 0 Å². The first-order valence-electron chi connectivity index (χ1n) is 6.23. The van der Waals surface area contributed by atoms with E-state index in [4.69, 9.17) is 10.5 Å². The van der Waals surface area contributed by atoms with Crippen LogP contribution in [0.4, 0.5) is 11.6 Å². The lowest BCUT2D eigenvalue weighted by molar-refractivity contribution is 0.414. The molecule has 1 aromatic carbocycles. The van der Waals surface area contributed by atoms with Gasteiger partial charge in [0.05, 0.1) is 7.11 Å². The minimum atomic E-state index is 0.275. The monoisotopic (exact) mass is 269 g/mol. The molecule has 0 saturated carbocycles. The molecule has 0 atom stereocenters. The molecule has 6 nitrogen and oxygen atoms in total. The maximum atomic E-state index is 5.56. The van der Waals surface area contributed by atoms with E-state index in [-0.39, 0.29) is 5.95 Å². The first kappa shape index (κ1) is 12.3. The van der Waals surface area contributed by atoms with Crippen molar-refractivity contribution in [2.24, 2.45) is 0 Å². The Bertz CT molecular complexity index is 720. The SMILES string of the molecule is COc1ccc(CNc2ccn3nc(N)nc3c2)cc1. The van der Waals surface area contributed by atoms with E-state index < -0.39 is 0 Å². The summed E-state index contributed by atoms with van der Waals surface area (Å²) in [6.45, 7) is 0.726. The van der Waals surface area contributed by atoms with E-state index in [0.717, 1.165) is 23.6 Å². The largest absolute Gasteiger partial charge is 0.497 e. The molecule has 102 valence electrons. The van der Waals surface area contributed by atoms with Crippen LogP contribution in [0.3, 0.4) is 0 Å². The van der Waals surface area contributed by atoms with Crippen molar-refractivity contribution in [2.45, 2.75) is 6.54 Å². The second-order valence-corrected chi connectivity index (χ2v) is 4.39. The molecule has 2 heterocycles. The van der Waals surface area contributed by atoms with Crippen LogP contribution in [0, 0.1) is 0 Å². The summed E-state index contributed by atoms with van der Waals surface area (Å²) in [5, 5.41) is 7.37. The number of aromatic nitrogens is 3. The molecule has 3 N–H and O–H groups in total. The van der Waals surface area contributed by atoms with Crippen molar-refractivity contribution in [1.82, 2.24) is 14.6 Å². The quantitative estimate of drug-likeness (QED) is 0.756. The molecule has 0 radical (unpaired) electrons. The molecule has 2 aromatic heterocycles. The van der Waals surface area contributed by atoms with E-state index in [0.29, 0.717) is 0 Å². The van der Waals surface area contributed by atoms with Crippen molar-refractivity contribution < 1.29 is 4.74 Å². The zero-order valence-electron chi connectivity index (χ0n) is 11.1. The Balaban J connectivity index is 1.72. The van der Waals surface area contributed by atoms with Gasteiger partial charge in [-0.3, -0.25) is 0 Å². The highest BCUT2D eigenvalue weighted by atomic mass is 16.5. The Morgan fingerprint density at radius 1 is 1.25 bits per heavy atom. The number of rotatable bonds is 4. The summed E-state index contributed by atoms with van der Waals surface area (Å²) in [5.74, 6) is 1.13. The van der Waals surface area contributed by atoms with Gasteiger partial charge in [-0.15, -0.1) is 5.10 Å². The van der Waals surface area contributed by atoms with Crippen LogP contribution in [0.1, 0.15) is 5.56 Å². The number of ether oxygens (including phenoxy) is 1. The average molecular weight is 269 g/mol. The van der Waals surface area contributed by atoms with Crippen molar-refractivity contribution in [1.29, 1.82) is 0 Å². The number of nitrogens with zero attached hydrogens (tertiary/aromatic N) is 3. The van der Waals surface area contributed by atoms with Crippen LogP contribution in [0.2, 0.25) is 0 Å². The van der Waals surface area contributed by atoms with Gasteiger partial charge in [-0.25, -0.2) is 4.52 Å². The van der Waals surface area contributed by atoms with Crippen molar-refractivity contribution >= 4 is 17.3 Å². The van der Waals surface area contributed by atoms with Crippen molar-refractivity contribution in [3.05, 3.63) is 48.2 Å². The number of pyridine rings is 1. The lowest BCUT2D eigenvalue weighted by atomic mass is 10.2. The molecule has 0 aliphatic rings. The molecule has 0 bridgehead atoms. The zero-order chi connectivity index (χ0) is 13.9. The van der Waals surface area contributed by atoms with Crippen LogP contribution in [0.5, 0.6) is 5.75 Å². The van der Waals surface area contributed by atoms with Crippen molar-refractivity contribution in [2.75, 3.05) is 18.2 Å². The fourth-order valence-electron chi connectivity index (χ4n) is 1.96. The number of fused-ring (bicyclic) bond motifs is 1. The van der Waals surface area contributed by atoms with Crippen molar-refractivity contribution in [3.63, 3.8) is 0 Å². The van der Waals surface area contributed by atoms with Gasteiger partial charge in [0.15, 0.2) is 5.65 Å². The number of benzene rings is 1. The number of methoxy groups -OCH3 is 1. The highest BCUT2D eigenvalue weighted by molar-refractivity contribution is 5.55. The van der Waals surface area contributed by atoms with Gasteiger partial charge in [-0.2, -0.15) is 4.98 Å². The summed E-state index contributed by atoms with van der Waals surface area (Å²) >= 11 is 0. The second kappa shape index (κ2) is 5.08. The summed E-state index contributed by atoms with van der Waals surface area (Å²) in [6.07, 6.45) is 1.83. The molecular weight excluding hydrogens is 254 g/mol. The van der Waals surface area contributed by atoms with E-state index in [1.165, 1.54) is 5.56 Å². The molecule has 0 aliphatic carbocycles. The minimum absolute atomic E-state index is 0.275. The van der Waals surface area contributed by atoms with Gasteiger partial charge in [-0.1, -0.05) is 12.1 Å². The van der Waals surface area contributed by atoms with Gasteiger partial charge in [-0.05, 0) is 23.8 Å². The first-order valence-corrected chi connectivity index (χ1v) is 6.23. The van der Waals surface area contributed by atoms with Crippen molar-refractivity contribution in [3.8, 4) is 5.75 Å². The highest BCUT2D eigenvalue weighted by Gasteiger charge is 2.01. The van der Waals surface area contributed by atoms with E-state index in [1.807, 2.05) is 42.6 Å². The number of anilines is 2. The summed E-state index contributed by atoms with van der Waals surface area (Å²) in [5.41, 5.74) is 8.43. The fourth-order valence-corrected chi connectivity index (χ4v) is 1.96. The lowest BCUT2D eigenvalue weighted by Gasteiger charge is -2.07. The molecule has 3 rings (SSSR count). The van der Waals surface area contributed by atoms with Gasteiger partial charge < -0.3 is 15.8 Å². The minimum Gasteiger partial charge on any atom is -0.497 e. The first-order chi connectivity index (χ1) is 9.74. The van der Waals surface area contributed by atoms with Gasteiger partial charge in [0.25, 0.3) is 0 Å². The standard InChI is InChI=1S/C14H15N5O/c1-20-12-4-2-10(3-5-12)9-16-11-6-7-19-13(8-11)17-14(15)18-19/h2-8,16H,9H2,1H3,(H2,15,18). The smallest absolute Gasteiger partial charge is 0.240 e. The molecular formula is C14H15N5O. The Morgan fingerprint density at radius 3 is 2.80 bits per heavy atom. The Kier molecular flexibility index (Phi) is 3.12. The molecule has 20 heavy (non-hydrogen) atoms. The van der Waals surface area contributed by atoms with Crippen LogP contribution in [-0.4, -0.2) is 21.7 Å². The molecule has 3 aromatic rings. The molecule has 0 spiro atoms. The predicted molar refractivity (Wildman–Crippen MR) is 77.7 cm³/mol. The molecule has 6 heteroatoms. The third-order valence-corrected chi connectivity index (χ3v) is 3.01. The predicted octanol–water partition coefficient (Wildman–Crippen LogP) is 1.93. The molecule has 0 saturated heterocycles. The summed E-state index contributed by atoms with van der Waals surface area (Å²) < 4.78 is 6.78. The topological polar surface area (TPSA) is 77.5 Å². The average Bonchev–Trinajstić information content (AvgIpc) is 2.85. The van der Waals surface area contributed by atoms with Crippen LogP contribution in [0.25, 0.3) is 5.65 Å². The zero-order valence-corrected chi connectivity index (χ0v) is 11.1. The Hall–Kier alpha value is -2.76. The van der Waals surface area contributed by atoms with Gasteiger partial charge in [0, 0.05) is 24.5 Å². The Labute approximate surface area is 116 Å². The fraction of sp³-hybridized carbons (Fsp3) is 0.143. The van der Waals surface area contributed by atoms with Gasteiger partial charge in [0.2, 0.25) is 5.95 Å². The van der Waals surface area contributed by atoms with E-state index >= 15 is 0 Å². The van der Waals surface area contributed by atoms with Gasteiger partial charge in [0.1, 0.15) is 5.75 Å². The summed E-state index contributed by atoms with van der Waals surface area (Å²) in [4.78, 5) is 4.12. The van der Waals surface area contributed by atoms with Crippen LogP contribution >= 0.6 is 0 Å². The molecule has 0 aliphatic heterocycles. The van der Waals surface area contributed by atoms with E-state index in [1.54, 1.807) is 11.6 Å². The highest BCUT2D eigenvalue weighted by Crippen LogP contribution is 2.15. The van der Waals surface area contributed by atoms with Crippen LogP contribution in [0.15, 0.2) is 42.6 Å². The molecule has 0 amide bonds. The van der Waals surface area contributed by atoms with E-state index in [2.05, 4.69) is 15.4 Å². The number of nitrogens with two attached hydrogens (primary N) is 1. The number of nitrogen functional groups attached to an aromatic ring is 1. The number of hydrogen-bond acceptors (Lipinski definition) is 5. The second-order valence-electron chi connectivity index (χ2n) is 4.39. The molecule has 0 fully saturated rings. The molecule has 0 unspecified atom stereocenters. The van der Waals surface area contributed by atoms with Crippen LogP contribution in [-0.2, 0) is 6.54 Å².